The van der Waals surface area contributed by atoms with Crippen LogP contribution in [0.1, 0.15) is 25.0 Å². The van der Waals surface area contributed by atoms with Crippen LogP contribution in [-0.4, -0.2) is 22.2 Å². The van der Waals surface area contributed by atoms with Crippen molar-refractivity contribution in [3.05, 3.63) is 70.7 Å². The maximum atomic E-state index is 8.28. The van der Waals surface area contributed by atoms with Crippen LogP contribution in [-0.2, 0) is 13.1 Å². The van der Waals surface area contributed by atoms with Crippen LogP contribution in [0.3, 0.4) is 0 Å². The summed E-state index contributed by atoms with van der Waals surface area (Å²) in [5.41, 5.74) is 1.86. The SMILES string of the molecule is CC1(C)/C(=N/Cc2ccccc2)NC(=N)N1Cc1cccc(Cl)c1. The van der Waals surface area contributed by atoms with Gasteiger partial charge in [-0.2, -0.15) is 0 Å². The number of hydrogen-bond acceptors (Lipinski definition) is 2. The lowest BCUT2D eigenvalue weighted by Gasteiger charge is -2.31. The molecule has 3 rings (SSSR count). The van der Waals surface area contributed by atoms with E-state index in [-0.39, 0.29) is 5.54 Å². The van der Waals surface area contributed by atoms with Gasteiger partial charge in [-0.05, 0) is 37.1 Å². The fraction of sp³-hybridized carbons (Fsp3) is 0.263. The lowest BCUT2D eigenvalue weighted by Crippen LogP contribution is -2.43. The molecule has 1 heterocycles. The molecule has 2 N–H and O–H groups in total. The number of aliphatic imine (C=N–C) groups is 1. The smallest absolute Gasteiger partial charge is 0.197 e. The predicted molar refractivity (Wildman–Crippen MR) is 99.5 cm³/mol. The van der Waals surface area contributed by atoms with Crippen molar-refractivity contribution >= 4 is 23.4 Å². The van der Waals surface area contributed by atoms with Gasteiger partial charge in [0.05, 0.1) is 12.1 Å². The summed E-state index contributed by atoms with van der Waals surface area (Å²) in [5, 5.41) is 12.1. The molecule has 0 atom stereocenters. The fourth-order valence-corrected chi connectivity index (χ4v) is 3.03. The molecule has 0 spiro atoms. The highest BCUT2D eigenvalue weighted by Gasteiger charge is 2.41. The summed E-state index contributed by atoms with van der Waals surface area (Å²) in [5.74, 6) is 1.19. The van der Waals surface area contributed by atoms with Crippen LogP contribution in [0.25, 0.3) is 0 Å². The average Bonchev–Trinajstić information content (AvgIpc) is 2.77. The summed E-state index contributed by atoms with van der Waals surface area (Å²) in [6, 6.07) is 17.9. The number of halogens is 1. The molecule has 2 aromatic carbocycles. The maximum absolute atomic E-state index is 8.28. The molecule has 124 valence electrons. The largest absolute Gasteiger partial charge is 0.326 e. The lowest BCUT2D eigenvalue weighted by molar-refractivity contribution is 0.295. The van der Waals surface area contributed by atoms with E-state index in [2.05, 4.69) is 31.3 Å². The number of nitrogens with zero attached hydrogens (tertiary/aromatic N) is 2. The number of amidine groups is 1. The van der Waals surface area contributed by atoms with E-state index in [1.807, 2.05) is 47.4 Å². The highest BCUT2D eigenvalue weighted by molar-refractivity contribution is 6.30. The molecule has 0 saturated carbocycles. The summed E-state index contributed by atoms with van der Waals surface area (Å²) < 4.78 is 0. The van der Waals surface area contributed by atoms with E-state index >= 15 is 0 Å². The Kier molecular flexibility index (Phi) is 4.58. The molecule has 0 radical (unpaired) electrons. The van der Waals surface area contributed by atoms with Crippen molar-refractivity contribution in [3.63, 3.8) is 0 Å². The molecule has 0 bridgehead atoms. The van der Waals surface area contributed by atoms with Crippen molar-refractivity contribution in [2.45, 2.75) is 32.5 Å². The molecule has 1 fully saturated rings. The average molecular weight is 341 g/mol. The lowest BCUT2D eigenvalue weighted by atomic mass is 10.0. The Balaban J connectivity index is 1.79. The molecule has 24 heavy (non-hydrogen) atoms. The highest BCUT2D eigenvalue weighted by Crippen LogP contribution is 2.25. The van der Waals surface area contributed by atoms with E-state index in [9.17, 15) is 0 Å². The van der Waals surface area contributed by atoms with Crippen LogP contribution in [0.4, 0.5) is 0 Å². The number of rotatable bonds is 4. The van der Waals surface area contributed by atoms with Crippen LogP contribution >= 0.6 is 11.6 Å². The second-order valence-corrected chi connectivity index (χ2v) is 6.84. The van der Waals surface area contributed by atoms with Gasteiger partial charge < -0.3 is 10.2 Å². The van der Waals surface area contributed by atoms with Crippen LogP contribution < -0.4 is 5.32 Å². The minimum atomic E-state index is -0.367. The van der Waals surface area contributed by atoms with Crippen molar-refractivity contribution in [1.82, 2.24) is 10.2 Å². The monoisotopic (exact) mass is 340 g/mol. The Morgan fingerprint density at radius 2 is 1.79 bits per heavy atom. The number of hydrogen-bond donors (Lipinski definition) is 2. The first-order chi connectivity index (χ1) is 11.5. The molecule has 0 unspecified atom stereocenters. The van der Waals surface area contributed by atoms with E-state index in [4.69, 9.17) is 22.0 Å². The van der Waals surface area contributed by atoms with Gasteiger partial charge in [0, 0.05) is 11.6 Å². The van der Waals surface area contributed by atoms with E-state index < -0.39 is 0 Å². The van der Waals surface area contributed by atoms with Crippen LogP contribution in [0.5, 0.6) is 0 Å². The minimum absolute atomic E-state index is 0.367. The molecule has 0 amide bonds. The Bertz CT molecular complexity index is 768. The predicted octanol–water partition coefficient (Wildman–Crippen LogP) is 4.06. The van der Waals surface area contributed by atoms with Gasteiger partial charge in [0.15, 0.2) is 5.96 Å². The summed E-state index contributed by atoms with van der Waals surface area (Å²) in [6.45, 7) is 5.38. The summed E-state index contributed by atoms with van der Waals surface area (Å²) in [6.07, 6.45) is 0. The topological polar surface area (TPSA) is 51.5 Å². The van der Waals surface area contributed by atoms with Gasteiger partial charge in [-0.3, -0.25) is 10.4 Å². The zero-order valence-corrected chi connectivity index (χ0v) is 14.6. The molecule has 1 aliphatic rings. The van der Waals surface area contributed by atoms with Crippen molar-refractivity contribution in [2.75, 3.05) is 0 Å². The molecule has 1 saturated heterocycles. The van der Waals surface area contributed by atoms with Crippen molar-refractivity contribution in [1.29, 1.82) is 5.41 Å². The molecule has 1 aliphatic heterocycles. The third-order valence-electron chi connectivity index (χ3n) is 4.25. The standard InChI is InChI=1S/C19H21ClN4/c1-19(2)17(22-12-14-7-4-3-5-8-14)23-18(21)24(19)13-15-9-6-10-16(20)11-15/h3-11H,12-13H2,1-2H3,(H2,21,22,23). The molecule has 5 heteroatoms. The van der Waals surface area contributed by atoms with Crippen LogP contribution in [0.2, 0.25) is 5.02 Å². The first-order valence-corrected chi connectivity index (χ1v) is 8.31. The molecule has 0 aromatic heterocycles. The van der Waals surface area contributed by atoms with Gasteiger partial charge in [0.25, 0.3) is 0 Å². The van der Waals surface area contributed by atoms with E-state index in [1.165, 1.54) is 0 Å². The van der Waals surface area contributed by atoms with E-state index in [0.29, 0.717) is 24.1 Å². The highest BCUT2D eigenvalue weighted by atomic mass is 35.5. The Hall–Kier alpha value is -2.33. The molecule has 4 nitrogen and oxygen atoms in total. The van der Waals surface area contributed by atoms with E-state index in [1.54, 1.807) is 0 Å². The summed E-state index contributed by atoms with van der Waals surface area (Å²) in [4.78, 5) is 6.71. The van der Waals surface area contributed by atoms with Gasteiger partial charge >= 0.3 is 0 Å². The van der Waals surface area contributed by atoms with Gasteiger partial charge in [0.2, 0.25) is 0 Å². The Labute approximate surface area is 147 Å². The van der Waals surface area contributed by atoms with Gasteiger partial charge in [0.1, 0.15) is 5.84 Å². The molecular weight excluding hydrogens is 320 g/mol. The van der Waals surface area contributed by atoms with Gasteiger partial charge in [-0.25, -0.2) is 0 Å². The number of guanidine groups is 1. The van der Waals surface area contributed by atoms with Crippen LogP contribution in [0.15, 0.2) is 59.6 Å². The zero-order valence-electron chi connectivity index (χ0n) is 13.9. The minimum Gasteiger partial charge on any atom is -0.326 e. The second-order valence-electron chi connectivity index (χ2n) is 6.40. The molecular formula is C19H21ClN4. The third-order valence-corrected chi connectivity index (χ3v) is 4.49. The van der Waals surface area contributed by atoms with Crippen molar-refractivity contribution in [2.24, 2.45) is 4.99 Å². The van der Waals surface area contributed by atoms with Crippen molar-refractivity contribution in [3.8, 4) is 0 Å². The Morgan fingerprint density at radius 3 is 2.50 bits per heavy atom. The third kappa shape index (κ3) is 3.44. The number of benzene rings is 2. The second kappa shape index (κ2) is 6.65. The quantitative estimate of drug-likeness (QED) is 0.882. The van der Waals surface area contributed by atoms with Gasteiger partial charge in [-0.15, -0.1) is 0 Å². The van der Waals surface area contributed by atoms with Crippen LogP contribution in [0, 0.1) is 5.41 Å². The van der Waals surface area contributed by atoms with Crippen molar-refractivity contribution < 1.29 is 0 Å². The van der Waals surface area contributed by atoms with E-state index in [0.717, 1.165) is 17.0 Å². The molecule has 2 aromatic rings. The fourth-order valence-electron chi connectivity index (χ4n) is 2.82. The zero-order chi connectivity index (χ0) is 17.2. The maximum Gasteiger partial charge on any atom is 0.197 e. The summed E-state index contributed by atoms with van der Waals surface area (Å²) >= 11 is 6.07. The number of nitrogens with one attached hydrogen (secondary N) is 2. The molecule has 0 aliphatic carbocycles. The first kappa shape index (κ1) is 16.5. The Morgan fingerprint density at radius 1 is 1.08 bits per heavy atom. The normalized spacial score (nSPS) is 18.0. The summed E-state index contributed by atoms with van der Waals surface area (Å²) in [7, 11) is 0. The van der Waals surface area contributed by atoms with Gasteiger partial charge in [-0.1, -0.05) is 54.1 Å². The first-order valence-electron chi connectivity index (χ1n) is 7.93.